The Kier molecular flexibility index (Phi) is 6.46. The first-order chi connectivity index (χ1) is 17.0. The number of benzene rings is 2. The van der Waals surface area contributed by atoms with Gasteiger partial charge in [-0.05, 0) is 92.2 Å². The molecule has 0 aliphatic heterocycles. The molecule has 0 radical (unpaired) electrons. The Balaban J connectivity index is 1.21. The average Bonchev–Trinajstić information content (AvgIpc) is 2.85. The van der Waals surface area contributed by atoms with Crippen molar-refractivity contribution in [3.05, 3.63) is 59.7 Å². The van der Waals surface area contributed by atoms with Crippen molar-refractivity contribution in [3.63, 3.8) is 0 Å². The van der Waals surface area contributed by atoms with Crippen LogP contribution in [0.25, 0.3) is 6.08 Å². The number of carbonyl (C=O) groups is 3. The van der Waals surface area contributed by atoms with Gasteiger partial charge in [0.05, 0.1) is 12.8 Å². The molecule has 1 N–H and O–H groups in total. The number of ketones is 1. The number of carbonyl (C=O) groups excluding carboxylic acids is 3. The number of rotatable bonds is 9. The number of ether oxygens (including phenoxy) is 2. The summed E-state index contributed by atoms with van der Waals surface area (Å²) < 4.78 is 11.4. The van der Waals surface area contributed by atoms with Crippen LogP contribution in [-0.2, 0) is 9.59 Å². The second kappa shape index (κ2) is 9.68. The van der Waals surface area contributed by atoms with Gasteiger partial charge in [-0.25, -0.2) is 0 Å². The molecule has 0 unspecified atom stereocenters. The molecule has 35 heavy (non-hydrogen) atoms. The van der Waals surface area contributed by atoms with E-state index in [1.165, 1.54) is 25.3 Å². The summed E-state index contributed by atoms with van der Waals surface area (Å²) in [5.74, 6) is 3.07. The number of methoxy groups -OCH3 is 1. The van der Waals surface area contributed by atoms with Gasteiger partial charge >= 0.3 is 0 Å². The average molecular weight is 474 g/mol. The SMILES string of the molecule is COc1cc(/C=C/C(=O)Nc2ccccc2C=O)ccc1OCC(=O)C12CC3CC(CC(C3)C1)C2. The highest BCUT2D eigenvalue weighted by molar-refractivity contribution is 6.04. The van der Waals surface area contributed by atoms with Gasteiger partial charge in [-0.15, -0.1) is 0 Å². The highest BCUT2D eigenvalue weighted by Gasteiger charge is 2.54. The molecular formula is C29H31NO5. The largest absolute Gasteiger partial charge is 0.493 e. The molecule has 0 atom stereocenters. The molecule has 182 valence electrons. The van der Waals surface area contributed by atoms with Crippen LogP contribution in [0.2, 0.25) is 0 Å². The van der Waals surface area contributed by atoms with Gasteiger partial charge in [0.25, 0.3) is 0 Å². The van der Waals surface area contributed by atoms with Crippen molar-refractivity contribution >= 4 is 29.7 Å². The lowest BCUT2D eigenvalue weighted by Crippen LogP contribution is -2.51. The summed E-state index contributed by atoms with van der Waals surface area (Å²) in [4.78, 5) is 36.7. The summed E-state index contributed by atoms with van der Waals surface area (Å²) in [7, 11) is 1.56. The summed E-state index contributed by atoms with van der Waals surface area (Å²) >= 11 is 0. The zero-order chi connectivity index (χ0) is 24.4. The molecule has 1 amide bonds. The topological polar surface area (TPSA) is 81.7 Å². The monoisotopic (exact) mass is 473 g/mol. The van der Waals surface area contributed by atoms with Crippen LogP contribution < -0.4 is 14.8 Å². The lowest BCUT2D eigenvalue weighted by Gasteiger charge is -2.55. The first-order valence-corrected chi connectivity index (χ1v) is 12.4. The Bertz CT molecular complexity index is 1130. The van der Waals surface area contributed by atoms with Gasteiger partial charge in [0.1, 0.15) is 6.61 Å². The van der Waals surface area contributed by atoms with E-state index in [2.05, 4.69) is 5.32 Å². The zero-order valence-electron chi connectivity index (χ0n) is 20.0. The Morgan fingerprint density at radius 2 is 1.69 bits per heavy atom. The normalized spacial score (nSPS) is 26.5. The molecule has 2 aromatic carbocycles. The van der Waals surface area contributed by atoms with Gasteiger partial charge in [0.2, 0.25) is 5.91 Å². The van der Waals surface area contributed by atoms with E-state index in [4.69, 9.17) is 9.47 Å². The fourth-order valence-electron chi connectivity index (χ4n) is 6.72. The Morgan fingerprint density at radius 1 is 1.00 bits per heavy atom. The molecule has 6 heteroatoms. The smallest absolute Gasteiger partial charge is 0.248 e. The zero-order valence-corrected chi connectivity index (χ0v) is 20.0. The Morgan fingerprint density at radius 3 is 2.34 bits per heavy atom. The minimum Gasteiger partial charge on any atom is -0.493 e. The maximum absolute atomic E-state index is 13.3. The molecule has 6 rings (SSSR count). The molecular weight excluding hydrogens is 442 g/mol. The number of Topliss-reactive ketones (excluding diaryl/α,β-unsaturated/α-hetero) is 1. The molecule has 4 saturated carbocycles. The van der Waals surface area contributed by atoms with Gasteiger partial charge in [-0.3, -0.25) is 14.4 Å². The number of anilines is 1. The maximum Gasteiger partial charge on any atom is 0.248 e. The number of amides is 1. The lowest BCUT2D eigenvalue weighted by atomic mass is 9.48. The molecule has 4 bridgehead atoms. The third-order valence-corrected chi connectivity index (χ3v) is 7.95. The first-order valence-electron chi connectivity index (χ1n) is 12.4. The van der Waals surface area contributed by atoms with E-state index in [1.54, 1.807) is 49.6 Å². The third kappa shape index (κ3) is 4.88. The van der Waals surface area contributed by atoms with E-state index < -0.39 is 0 Å². The van der Waals surface area contributed by atoms with E-state index in [0.717, 1.165) is 42.6 Å². The van der Waals surface area contributed by atoms with Crippen LogP contribution in [0.1, 0.15) is 54.4 Å². The summed E-state index contributed by atoms with van der Waals surface area (Å²) in [6, 6.07) is 12.2. The number of para-hydroxylation sites is 1. The molecule has 4 aliphatic carbocycles. The fourth-order valence-corrected chi connectivity index (χ4v) is 6.72. The lowest BCUT2D eigenvalue weighted by molar-refractivity contribution is -0.146. The van der Waals surface area contributed by atoms with Crippen LogP contribution in [0.5, 0.6) is 11.5 Å². The molecule has 6 nitrogen and oxygen atoms in total. The van der Waals surface area contributed by atoms with Crippen molar-refractivity contribution in [2.24, 2.45) is 23.2 Å². The van der Waals surface area contributed by atoms with Crippen molar-refractivity contribution < 1.29 is 23.9 Å². The Labute approximate surface area is 205 Å². The standard InChI is InChI=1S/C29H31NO5/c1-34-26-13-19(7-9-28(33)30-24-5-3-2-4-23(24)17-31)6-8-25(26)35-18-27(32)29-14-20-10-21(15-29)12-22(11-20)16-29/h2-9,13,17,20-22H,10-12,14-16,18H2,1H3,(H,30,33)/b9-7+. The predicted octanol–water partition coefficient (Wildman–Crippen LogP) is 5.32. The molecule has 2 aromatic rings. The van der Waals surface area contributed by atoms with Crippen molar-refractivity contribution in [1.29, 1.82) is 0 Å². The molecule has 0 aromatic heterocycles. The molecule has 4 fully saturated rings. The quantitative estimate of drug-likeness (QED) is 0.394. The van der Waals surface area contributed by atoms with Crippen LogP contribution >= 0.6 is 0 Å². The summed E-state index contributed by atoms with van der Waals surface area (Å²) in [6.45, 7) is 0.0657. The highest BCUT2D eigenvalue weighted by Crippen LogP contribution is 2.60. The van der Waals surface area contributed by atoms with E-state index >= 15 is 0 Å². The van der Waals surface area contributed by atoms with Crippen molar-refractivity contribution in [2.45, 2.75) is 38.5 Å². The first kappa shape index (κ1) is 23.3. The number of nitrogens with one attached hydrogen (secondary N) is 1. The van der Waals surface area contributed by atoms with Gasteiger partial charge in [0, 0.05) is 17.1 Å². The van der Waals surface area contributed by atoms with Crippen LogP contribution in [0.15, 0.2) is 48.5 Å². The molecule has 0 heterocycles. The Hall–Kier alpha value is -3.41. The molecule has 0 spiro atoms. The number of hydrogen-bond donors (Lipinski definition) is 1. The minimum absolute atomic E-state index is 0.0657. The molecule has 4 aliphatic rings. The second-order valence-electron chi connectivity index (χ2n) is 10.3. The fraction of sp³-hybridized carbons (Fsp3) is 0.414. The highest BCUT2D eigenvalue weighted by atomic mass is 16.5. The number of aldehydes is 1. The van der Waals surface area contributed by atoms with Gasteiger partial charge in [-0.2, -0.15) is 0 Å². The van der Waals surface area contributed by atoms with Crippen molar-refractivity contribution in [1.82, 2.24) is 0 Å². The maximum atomic E-state index is 13.3. The summed E-state index contributed by atoms with van der Waals surface area (Å²) in [5, 5.41) is 2.71. The van der Waals surface area contributed by atoms with Crippen molar-refractivity contribution in [3.8, 4) is 11.5 Å². The van der Waals surface area contributed by atoms with Crippen LogP contribution in [0.3, 0.4) is 0 Å². The minimum atomic E-state index is -0.347. The van der Waals surface area contributed by atoms with E-state index in [9.17, 15) is 14.4 Å². The van der Waals surface area contributed by atoms with E-state index in [-0.39, 0.29) is 23.7 Å². The van der Waals surface area contributed by atoms with E-state index in [0.29, 0.717) is 29.0 Å². The third-order valence-electron chi connectivity index (χ3n) is 7.95. The van der Waals surface area contributed by atoms with Gasteiger partial charge in [-0.1, -0.05) is 18.2 Å². The second-order valence-corrected chi connectivity index (χ2v) is 10.3. The predicted molar refractivity (Wildman–Crippen MR) is 134 cm³/mol. The van der Waals surface area contributed by atoms with Crippen LogP contribution in [-0.4, -0.2) is 31.7 Å². The van der Waals surface area contributed by atoms with Crippen molar-refractivity contribution in [2.75, 3.05) is 19.0 Å². The summed E-state index contributed by atoms with van der Waals surface area (Å²) in [5.41, 5.74) is 1.45. The number of hydrogen-bond acceptors (Lipinski definition) is 5. The van der Waals surface area contributed by atoms with Gasteiger partial charge < -0.3 is 14.8 Å². The van der Waals surface area contributed by atoms with Gasteiger partial charge in [0.15, 0.2) is 23.6 Å². The van der Waals surface area contributed by atoms with Crippen LogP contribution in [0.4, 0.5) is 5.69 Å². The molecule has 0 saturated heterocycles. The van der Waals surface area contributed by atoms with Crippen LogP contribution in [0, 0.1) is 23.2 Å². The van der Waals surface area contributed by atoms with E-state index in [1.807, 2.05) is 6.07 Å². The summed E-state index contributed by atoms with van der Waals surface area (Å²) in [6.07, 6.45) is 10.8.